The normalized spacial score (nSPS) is 12.7. The van der Waals surface area contributed by atoms with Crippen molar-refractivity contribution in [2.24, 2.45) is 0 Å². The maximum Gasteiger partial charge on any atom is 0.236 e. The van der Waals surface area contributed by atoms with Crippen LogP contribution in [0.5, 0.6) is 0 Å². The first-order chi connectivity index (χ1) is 18.2. The van der Waals surface area contributed by atoms with E-state index in [0.29, 0.717) is 25.2 Å². The van der Waals surface area contributed by atoms with Gasteiger partial charge in [-0.05, 0) is 54.5 Å². The van der Waals surface area contributed by atoms with Gasteiger partial charge in [0.2, 0.25) is 11.8 Å². The van der Waals surface area contributed by atoms with Crippen LogP contribution in [0.2, 0.25) is 0 Å². The van der Waals surface area contributed by atoms with Crippen molar-refractivity contribution in [3.8, 4) is 0 Å². The van der Waals surface area contributed by atoms with E-state index in [9.17, 15) is 23.5 Å². The van der Waals surface area contributed by atoms with Crippen molar-refractivity contribution in [1.82, 2.24) is 20.9 Å². The van der Waals surface area contributed by atoms with Gasteiger partial charge in [0, 0.05) is 32.2 Å². The number of aliphatic hydroxyl groups excluding tert-OH is 1. The van der Waals surface area contributed by atoms with Gasteiger partial charge in [-0.3, -0.25) is 14.9 Å². The van der Waals surface area contributed by atoms with E-state index in [-0.39, 0.29) is 32.0 Å². The predicted octanol–water partition coefficient (Wildman–Crippen LogP) is 2.94. The molecule has 4 N–H and O–H groups in total. The third-order valence-electron chi connectivity index (χ3n) is 6.17. The van der Waals surface area contributed by atoms with Crippen molar-refractivity contribution in [1.29, 1.82) is 0 Å². The minimum atomic E-state index is -1.02. The van der Waals surface area contributed by atoms with Crippen LogP contribution in [0, 0.1) is 11.6 Å². The molecule has 0 spiro atoms. The maximum absolute atomic E-state index is 13.8. The van der Waals surface area contributed by atoms with Gasteiger partial charge in [0.15, 0.2) is 0 Å². The first-order valence-electron chi connectivity index (χ1n) is 13.4. The van der Waals surface area contributed by atoms with E-state index in [1.807, 2.05) is 26.0 Å². The number of aliphatic hydroxyl groups is 1. The predicted molar refractivity (Wildman–Crippen MR) is 146 cm³/mol. The summed E-state index contributed by atoms with van der Waals surface area (Å²) < 4.78 is 27.5. The molecular formula is C29H42F2N4O3. The lowest BCUT2D eigenvalue weighted by Crippen LogP contribution is -2.51. The summed E-state index contributed by atoms with van der Waals surface area (Å²) in [6, 6.07) is 10.5. The second-order valence-corrected chi connectivity index (χ2v) is 9.51. The van der Waals surface area contributed by atoms with Crippen molar-refractivity contribution in [2.45, 2.75) is 65.1 Å². The van der Waals surface area contributed by atoms with Crippen molar-refractivity contribution >= 4 is 11.8 Å². The van der Waals surface area contributed by atoms with Crippen molar-refractivity contribution in [3.05, 3.63) is 70.8 Å². The Bertz CT molecular complexity index is 995. The number of carbonyl (C=O) groups excluding carboxylic acids is 2. The summed E-state index contributed by atoms with van der Waals surface area (Å²) in [7, 11) is 0. The second-order valence-electron chi connectivity index (χ2n) is 9.51. The number of hydrogen-bond acceptors (Lipinski definition) is 5. The number of aryl methyl sites for hydroxylation is 1. The Labute approximate surface area is 225 Å². The average molecular weight is 533 g/mol. The Kier molecular flexibility index (Phi) is 13.9. The molecule has 38 heavy (non-hydrogen) atoms. The fourth-order valence-electron chi connectivity index (χ4n) is 4.29. The van der Waals surface area contributed by atoms with Gasteiger partial charge in [0.25, 0.3) is 0 Å². The molecule has 0 saturated heterocycles. The number of rotatable bonds is 17. The number of benzene rings is 2. The fourth-order valence-corrected chi connectivity index (χ4v) is 4.29. The van der Waals surface area contributed by atoms with Crippen LogP contribution in [0.25, 0.3) is 0 Å². The number of hydrogen-bond donors (Lipinski definition) is 4. The van der Waals surface area contributed by atoms with Crippen LogP contribution in [-0.4, -0.2) is 66.7 Å². The molecule has 0 aliphatic heterocycles. The molecule has 7 nitrogen and oxygen atoms in total. The quantitative estimate of drug-likeness (QED) is 0.251. The molecule has 0 aliphatic rings. The van der Waals surface area contributed by atoms with Crippen molar-refractivity contribution in [3.63, 3.8) is 0 Å². The molecule has 0 aromatic heterocycles. The monoisotopic (exact) mass is 532 g/mol. The summed E-state index contributed by atoms with van der Waals surface area (Å²) in [5, 5.41) is 19.7. The lowest BCUT2D eigenvalue weighted by Gasteiger charge is -2.25. The fraction of sp³-hybridized carbons (Fsp3) is 0.517. The van der Waals surface area contributed by atoms with Gasteiger partial charge in [0.1, 0.15) is 11.6 Å². The second kappa shape index (κ2) is 16.9. The Morgan fingerprint density at radius 2 is 1.55 bits per heavy atom. The van der Waals surface area contributed by atoms with Crippen molar-refractivity contribution in [2.75, 3.05) is 32.7 Å². The number of carbonyl (C=O) groups is 2. The Morgan fingerprint density at radius 3 is 2.18 bits per heavy atom. The molecule has 210 valence electrons. The van der Waals surface area contributed by atoms with Gasteiger partial charge in [-0.2, -0.15) is 0 Å². The van der Waals surface area contributed by atoms with Gasteiger partial charge in [-0.15, -0.1) is 0 Å². The van der Waals surface area contributed by atoms with E-state index in [2.05, 4.69) is 35.0 Å². The molecule has 2 aromatic rings. The van der Waals surface area contributed by atoms with Gasteiger partial charge >= 0.3 is 0 Å². The molecule has 0 heterocycles. The molecule has 2 aromatic carbocycles. The van der Waals surface area contributed by atoms with Gasteiger partial charge in [0.05, 0.1) is 25.2 Å². The van der Waals surface area contributed by atoms with Crippen LogP contribution in [0.1, 0.15) is 50.3 Å². The largest absolute Gasteiger partial charge is 0.390 e. The zero-order valence-electron chi connectivity index (χ0n) is 22.7. The molecule has 0 unspecified atom stereocenters. The Hall–Kier alpha value is -2.88. The van der Waals surface area contributed by atoms with Crippen LogP contribution in [0.4, 0.5) is 8.78 Å². The Morgan fingerprint density at radius 1 is 0.895 bits per heavy atom. The van der Waals surface area contributed by atoms with Crippen LogP contribution in [-0.2, 0) is 29.0 Å². The van der Waals surface area contributed by atoms with E-state index in [0.717, 1.165) is 30.9 Å². The summed E-state index contributed by atoms with van der Waals surface area (Å²) in [5.74, 6) is -1.95. The highest BCUT2D eigenvalue weighted by Gasteiger charge is 2.22. The number of amides is 2. The number of nitrogens with zero attached hydrogens (tertiary/aromatic N) is 1. The number of halogens is 2. The lowest BCUT2D eigenvalue weighted by molar-refractivity contribution is -0.130. The maximum atomic E-state index is 13.8. The third kappa shape index (κ3) is 11.2. The highest BCUT2D eigenvalue weighted by atomic mass is 19.1. The highest BCUT2D eigenvalue weighted by molar-refractivity contribution is 5.81. The molecule has 9 heteroatoms. The topological polar surface area (TPSA) is 93.7 Å². The van der Waals surface area contributed by atoms with Gasteiger partial charge < -0.3 is 20.6 Å². The molecule has 0 bridgehead atoms. The standard InChI is InChI=1S/C29H42F2N4O3/c1-4-10-35(11-5-2)29(38)20-33-19-28(37)34-26(15-23-13-24(30)16-25(31)14-23)27(36)18-32-17-22-9-7-8-21(6-3)12-22/h7-9,12-14,16,26-27,32-33,36H,4-6,10-11,15,17-20H2,1-3H3,(H,34,37)/t26-,27+/m0/s1. The zero-order valence-corrected chi connectivity index (χ0v) is 22.7. The Balaban J connectivity index is 1.97. The summed E-state index contributed by atoms with van der Waals surface area (Å²) >= 11 is 0. The minimum Gasteiger partial charge on any atom is -0.390 e. The highest BCUT2D eigenvalue weighted by Crippen LogP contribution is 2.12. The van der Waals surface area contributed by atoms with Crippen LogP contribution in [0.15, 0.2) is 42.5 Å². The molecule has 2 atom stereocenters. The third-order valence-corrected chi connectivity index (χ3v) is 6.17. The van der Waals surface area contributed by atoms with Crippen LogP contribution < -0.4 is 16.0 Å². The van der Waals surface area contributed by atoms with Crippen LogP contribution >= 0.6 is 0 Å². The summed E-state index contributed by atoms with van der Waals surface area (Å²) in [4.78, 5) is 26.9. The first kappa shape index (κ1) is 31.3. The molecule has 0 radical (unpaired) electrons. The van der Waals surface area contributed by atoms with Crippen LogP contribution in [0.3, 0.4) is 0 Å². The summed E-state index contributed by atoms with van der Waals surface area (Å²) in [6.45, 7) is 7.99. The van der Waals surface area contributed by atoms with Gasteiger partial charge in [-0.1, -0.05) is 45.0 Å². The van der Waals surface area contributed by atoms with E-state index in [1.54, 1.807) is 4.90 Å². The molecule has 0 aliphatic carbocycles. The lowest BCUT2D eigenvalue weighted by atomic mass is 10.0. The number of nitrogens with one attached hydrogen (secondary N) is 3. The zero-order chi connectivity index (χ0) is 27.9. The minimum absolute atomic E-state index is 0.0220. The van der Waals surface area contributed by atoms with E-state index in [4.69, 9.17) is 0 Å². The average Bonchev–Trinajstić information content (AvgIpc) is 2.87. The molecule has 2 rings (SSSR count). The van der Waals surface area contributed by atoms with E-state index >= 15 is 0 Å². The van der Waals surface area contributed by atoms with Crippen molar-refractivity contribution < 1.29 is 23.5 Å². The smallest absolute Gasteiger partial charge is 0.236 e. The SMILES string of the molecule is CCCN(CCC)C(=O)CNCC(=O)N[C@@H](Cc1cc(F)cc(F)c1)[C@H](O)CNCc1cccc(CC)c1. The molecular weight excluding hydrogens is 490 g/mol. The first-order valence-corrected chi connectivity index (χ1v) is 13.4. The molecule has 0 fully saturated rings. The van der Waals surface area contributed by atoms with E-state index < -0.39 is 29.7 Å². The van der Waals surface area contributed by atoms with E-state index in [1.165, 1.54) is 17.7 Å². The molecule has 2 amide bonds. The molecule has 0 saturated carbocycles. The summed E-state index contributed by atoms with van der Waals surface area (Å²) in [5.41, 5.74) is 2.60. The summed E-state index contributed by atoms with van der Waals surface area (Å²) in [6.07, 6.45) is 1.64. The van der Waals surface area contributed by atoms with Gasteiger partial charge in [-0.25, -0.2) is 8.78 Å².